The largest absolute Gasteiger partial charge is 0.342 e. The van der Waals surface area contributed by atoms with E-state index in [1.807, 2.05) is 25.3 Å². The average Bonchev–Trinajstić information content (AvgIpc) is 2.65. The Labute approximate surface area is 146 Å². The molecule has 2 atom stereocenters. The zero-order chi connectivity index (χ0) is 17.4. The van der Waals surface area contributed by atoms with Crippen LogP contribution in [0.5, 0.6) is 0 Å². The number of amides is 2. The molecule has 0 spiro atoms. The van der Waals surface area contributed by atoms with Crippen molar-refractivity contribution in [1.29, 1.82) is 0 Å². The number of nitrogens with one attached hydrogen (secondary N) is 1. The maximum atomic E-state index is 12.5. The van der Waals surface area contributed by atoms with Gasteiger partial charge in [-0.3, -0.25) is 19.5 Å². The van der Waals surface area contributed by atoms with E-state index in [-0.39, 0.29) is 23.9 Å². The Morgan fingerprint density at radius 2 is 2.04 bits per heavy atom. The lowest BCUT2D eigenvalue weighted by molar-refractivity contribution is -0.153. The summed E-state index contributed by atoms with van der Waals surface area (Å²) in [6.07, 6.45) is 2.45. The first-order valence-corrected chi connectivity index (χ1v) is 8.83. The molecule has 1 aromatic carbocycles. The normalized spacial score (nSPS) is 24.3. The highest BCUT2D eigenvalue weighted by molar-refractivity contribution is 5.97. The van der Waals surface area contributed by atoms with Crippen molar-refractivity contribution in [2.24, 2.45) is 0 Å². The molecule has 130 valence electrons. The highest BCUT2D eigenvalue weighted by Gasteiger charge is 2.42. The van der Waals surface area contributed by atoms with Crippen LogP contribution < -0.4 is 5.32 Å². The van der Waals surface area contributed by atoms with Crippen molar-refractivity contribution in [2.75, 3.05) is 19.6 Å². The summed E-state index contributed by atoms with van der Waals surface area (Å²) in [6.45, 7) is 4.60. The minimum Gasteiger partial charge on any atom is -0.342 e. The Morgan fingerprint density at radius 1 is 1.20 bits per heavy atom. The molecule has 1 aromatic heterocycles. The van der Waals surface area contributed by atoms with E-state index in [9.17, 15) is 9.59 Å². The van der Waals surface area contributed by atoms with Crippen molar-refractivity contribution >= 4 is 22.7 Å². The Kier molecular flexibility index (Phi) is 4.13. The predicted molar refractivity (Wildman–Crippen MR) is 94.7 cm³/mol. The number of carbonyl (C=O) groups is 2. The minimum atomic E-state index is -0.382. The first-order chi connectivity index (χ1) is 12.2. The Hall–Kier alpha value is -2.47. The molecule has 2 aliphatic heterocycles. The molecule has 0 saturated carbocycles. The maximum Gasteiger partial charge on any atom is 0.245 e. The van der Waals surface area contributed by atoms with Crippen molar-refractivity contribution in [3.8, 4) is 0 Å². The van der Waals surface area contributed by atoms with Crippen molar-refractivity contribution in [3.63, 3.8) is 0 Å². The second kappa shape index (κ2) is 6.44. The van der Waals surface area contributed by atoms with Gasteiger partial charge in [0.15, 0.2) is 0 Å². The molecule has 1 N–H and O–H groups in total. The van der Waals surface area contributed by atoms with Gasteiger partial charge in [0, 0.05) is 37.8 Å². The number of nitrogens with zero attached hydrogens (tertiary/aromatic N) is 3. The summed E-state index contributed by atoms with van der Waals surface area (Å²) in [6, 6.07) is 9.43. The van der Waals surface area contributed by atoms with Crippen molar-refractivity contribution < 1.29 is 9.59 Å². The molecule has 6 heteroatoms. The summed E-state index contributed by atoms with van der Waals surface area (Å²) in [5, 5.41) is 3.98. The van der Waals surface area contributed by atoms with Crippen LogP contribution in [-0.4, -0.2) is 58.3 Å². The number of rotatable bonds is 3. The van der Waals surface area contributed by atoms with Gasteiger partial charge in [-0.2, -0.15) is 0 Å². The van der Waals surface area contributed by atoms with Gasteiger partial charge < -0.3 is 10.2 Å². The second-order valence-electron chi connectivity index (χ2n) is 6.74. The minimum absolute atomic E-state index is 0.0350. The van der Waals surface area contributed by atoms with E-state index in [1.54, 1.807) is 4.90 Å². The number of hydrogen-bond acceptors (Lipinski definition) is 4. The summed E-state index contributed by atoms with van der Waals surface area (Å²) in [5.74, 6) is 0.0192. The number of benzene rings is 1. The lowest BCUT2D eigenvalue weighted by Crippen LogP contribution is -2.68. The molecule has 0 unspecified atom stereocenters. The van der Waals surface area contributed by atoms with Crippen LogP contribution in [-0.2, 0) is 16.1 Å². The van der Waals surface area contributed by atoms with Gasteiger partial charge in [-0.25, -0.2) is 0 Å². The first-order valence-electron chi connectivity index (χ1n) is 8.83. The molecule has 0 radical (unpaired) electrons. The molecule has 0 aliphatic carbocycles. The fraction of sp³-hybridized carbons (Fsp3) is 0.421. The molecule has 25 heavy (non-hydrogen) atoms. The van der Waals surface area contributed by atoms with Crippen LogP contribution >= 0.6 is 0 Å². The van der Waals surface area contributed by atoms with Crippen LogP contribution in [0.2, 0.25) is 0 Å². The van der Waals surface area contributed by atoms with E-state index >= 15 is 0 Å². The number of pyridine rings is 1. The highest BCUT2D eigenvalue weighted by atomic mass is 16.2. The SMILES string of the molecule is CC[C@@H]1NC(=O)[C@H]2CN(Cc3cccc4cccnc34)CCN2C1=O. The van der Waals surface area contributed by atoms with Gasteiger partial charge in [0.1, 0.15) is 12.1 Å². The third-order valence-corrected chi connectivity index (χ3v) is 5.18. The molecular weight excluding hydrogens is 316 g/mol. The Morgan fingerprint density at radius 3 is 2.88 bits per heavy atom. The molecule has 3 heterocycles. The lowest BCUT2D eigenvalue weighted by atomic mass is 10.0. The summed E-state index contributed by atoms with van der Waals surface area (Å²) in [7, 11) is 0. The van der Waals surface area contributed by atoms with Crippen LogP contribution in [0, 0.1) is 0 Å². The third kappa shape index (κ3) is 2.87. The van der Waals surface area contributed by atoms with Crippen molar-refractivity contribution in [2.45, 2.75) is 32.0 Å². The predicted octanol–water partition coefficient (Wildman–Crippen LogP) is 1.16. The fourth-order valence-corrected chi connectivity index (χ4v) is 3.81. The van der Waals surface area contributed by atoms with Crippen LogP contribution in [0.15, 0.2) is 36.5 Å². The van der Waals surface area contributed by atoms with E-state index in [0.717, 1.165) is 29.6 Å². The van der Waals surface area contributed by atoms with Crippen LogP contribution in [0.25, 0.3) is 10.9 Å². The number of carbonyl (C=O) groups excluding carboxylic acids is 2. The molecule has 2 saturated heterocycles. The Balaban J connectivity index is 1.53. The van der Waals surface area contributed by atoms with Gasteiger partial charge in [-0.05, 0) is 18.1 Å². The number of para-hydroxylation sites is 1. The molecule has 6 nitrogen and oxygen atoms in total. The van der Waals surface area contributed by atoms with Gasteiger partial charge in [-0.1, -0.05) is 31.2 Å². The van der Waals surface area contributed by atoms with E-state index in [1.165, 1.54) is 0 Å². The zero-order valence-corrected chi connectivity index (χ0v) is 14.3. The molecule has 2 amide bonds. The number of aromatic nitrogens is 1. The van der Waals surface area contributed by atoms with E-state index in [4.69, 9.17) is 0 Å². The molecule has 2 aromatic rings. The van der Waals surface area contributed by atoms with Crippen molar-refractivity contribution in [1.82, 2.24) is 20.1 Å². The van der Waals surface area contributed by atoms with Crippen molar-refractivity contribution in [3.05, 3.63) is 42.1 Å². The molecule has 0 bridgehead atoms. The summed E-state index contributed by atoms with van der Waals surface area (Å²) < 4.78 is 0. The van der Waals surface area contributed by atoms with Gasteiger partial charge in [0.2, 0.25) is 11.8 Å². The number of hydrogen-bond donors (Lipinski definition) is 1. The highest BCUT2D eigenvalue weighted by Crippen LogP contribution is 2.22. The maximum absolute atomic E-state index is 12.5. The quantitative estimate of drug-likeness (QED) is 0.912. The monoisotopic (exact) mass is 338 g/mol. The van der Waals surface area contributed by atoms with E-state index in [0.29, 0.717) is 19.5 Å². The van der Waals surface area contributed by atoms with Gasteiger partial charge in [0.25, 0.3) is 0 Å². The number of fused-ring (bicyclic) bond motifs is 2. The standard InChI is InChI=1S/C19H22N4O2/c1-2-15-19(25)23-10-9-22(12-16(23)18(24)21-15)11-14-6-3-5-13-7-4-8-20-17(13)14/h3-8,15-16H,2,9-12H2,1H3,(H,21,24)/t15-,16+/m0/s1. The van der Waals surface area contributed by atoms with Crippen LogP contribution in [0.1, 0.15) is 18.9 Å². The lowest BCUT2D eigenvalue weighted by Gasteiger charge is -2.45. The second-order valence-corrected chi connectivity index (χ2v) is 6.74. The molecule has 4 rings (SSSR count). The van der Waals surface area contributed by atoms with E-state index < -0.39 is 0 Å². The van der Waals surface area contributed by atoms with E-state index in [2.05, 4.69) is 33.4 Å². The Bertz CT molecular complexity index is 817. The topological polar surface area (TPSA) is 65.5 Å². The van der Waals surface area contributed by atoms with Crippen LogP contribution in [0.3, 0.4) is 0 Å². The summed E-state index contributed by atoms with van der Waals surface area (Å²) >= 11 is 0. The first kappa shape index (κ1) is 16.0. The third-order valence-electron chi connectivity index (χ3n) is 5.18. The summed E-state index contributed by atoms with van der Waals surface area (Å²) in [4.78, 5) is 33.4. The summed E-state index contributed by atoms with van der Waals surface area (Å²) in [5.41, 5.74) is 2.16. The molecule has 2 fully saturated rings. The molecule has 2 aliphatic rings. The average molecular weight is 338 g/mol. The smallest absolute Gasteiger partial charge is 0.245 e. The van der Waals surface area contributed by atoms with Gasteiger partial charge in [-0.15, -0.1) is 0 Å². The van der Waals surface area contributed by atoms with Gasteiger partial charge >= 0.3 is 0 Å². The number of piperazine rings is 2. The molecular formula is C19H22N4O2. The van der Waals surface area contributed by atoms with Gasteiger partial charge in [0.05, 0.1) is 5.52 Å². The fourth-order valence-electron chi connectivity index (χ4n) is 3.81. The van der Waals surface area contributed by atoms with Crippen LogP contribution in [0.4, 0.5) is 0 Å². The zero-order valence-electron chi connectivity index (χ0n) is 14.3.